The zero-order chi connectivity index (χ0) is 9.64. The number of allylic oxidation sites excluding steroid dienone is 2. The van der Waals surface area contributed by atoms with Gasteiger partial charge >= 0.3 is 0 Å². The van der Waals surface area contributed by atoms with Gasteiger partial charge in [0.1, 0.15) is 0 Å². The Bertz CT molecular complexity index is 271. The SMILES string of the molecule is CC(=O)/C=C1/CCC2CC1C2(C)C. The molecule has 3 saturated carbocycles. The van der Waals surface area contributed by atoms with Gasteiger partial charge in [-0.3, -0.25) is 4.79 Å². The lowest BCUT2D eigenvalue weighted by Crippen LogP contribution is -2.49. The summed E-state index contributed by atoms with van der Waals surface area (Å²) in [6, 6.07) is 0. The van der Waals surface area contributed by atoms with Crippen molar-refractivity contribution < 1.29 is 4.79 Å². The summed E-state index contributed by atoms with van der Waals surface area (Å²) in [6.07, 6.45) is 5.66. The fourth-order valence-corrected chi connectivity index (χ4v) is 3.08. The number of rotatable bonds is 1. The van der Waals surface area contributed by atoms with Crippen molar-refractivity contribution in [2.24, 2.45) is 17.3 Å². The predicted molar refractivity (Wildman–Crippen MR) is 53.4 cm³/mol. The second-order valence-corrected chi connectivity index (χ2v) is 5.18. The predicted octanol–water partition coefficient (Wildman–Crippen LogP) is 2.96. The maximum atomic E-state index is 11.0. The third-order valence-corrected chi connectivity index (χ3v) is 4.09. The molecule has 2 atom stereocenters. The van der Waals surface area contributed by atoms with Crippen molar-refractivity contribution in [2.75, 3.05) is 0 Å². The van der Waals surface area contributed by atoms with E-state index in [2.05, 4.69) is 13.8 Å². The minimum absolute atomic E-state index is 0.219. The first-order valence-corrected chi connectivity index (χ1v) is 5.23. The average molecular weight is 178 g/mol. The Morgan fingerprint density at radius 1 is 1.54 bits per heavy atom. The van der Waals surface area contributed by atoms with E-state index in [1.165, 1.54) is 24.8 Å². The summed E-state index contributed by atoms with van der Waals surface area (Å²) in [7, 11) is 0. The van der Waals surface area contributed by atoms with Crippen LogP contribution in [0.3, 0.4) is 0 Å². The number of carbonyl (C=O) groups is 1. The molecule has 2 bridgehead atoms. The van der Waals surface area contributed by atoms with Gasteiger partial charge in [-0.05, 0) is 49.5 Å². The molecular formula is C12H18O. The molecule has 0 aromatic rings. The molecule has 0 amide bonds. The van der Waals surface area contributed by atoms with Crippen molar-refractivity contribution in [3.05, 3.63) is 11.6 Å². The van der Waals surface area contributed by atoms with Crippen LogP contribution < -0.4 is 0 Å². The average Bonchev–Trinajstić information content (AvgIpc) is 2.03. The standard InChI is InChI=1S/C12H18O/c1-8(13)6-9-4-5-10-7-11(9)12(10,2)3/h6,10-11H,4-5,7H2,1-3H3/b9-6-. The van der Waals surface area contributed by atoms with Crippen molar-refractivity contribution >= 4 is 5.78 Å². The van der Waals surface area contributed by atoms with Crippen LogP contribution in [0.5, 0.6) is 0 Å². The van der Waals surface area contributed by atoms with E-state index in [4.69, 9.17) is 0 Å². The number of hydrogen-bond acceptors (Lipinski definition) is 1. The molecule has 3 fully saturated rings. The Kier molecular flexibility index (Phi) is 1.86. The lowest BCUT2D eigenvalue weighted by atomic mass is 9.47. The molecule has 0 saturated heterocycles. The minimum atomic E-state index is 0.219. The van der Waals surface area contributed by atoms with Crippen molar-refractivity contribution in [1.29, 1.82) is 0 Å². The van der Waals surface area contributed by atoms with Crippen LogP contribution in [-0.2, 0) is 4.79 Å². The normalized spacial score (nSPS) is 38.5. The van der Waals surface area contributed by atoms with Gasteiger partial charge in [-0.25, -0.2) is 0 Å². The van der Waals surface area contributed by atoms with Crippen LogP contribution >= 0.6 is 0 Å². The molecule has 13 heavy (non-hydrogen) atoms. The third-order valence-electron chi connectivity index (χ3n) is 4.09. The highest BCUT2D eigenvalue weighted by Gasteiger charge is 2.51. The van der Waals surface area contributed by atoms with E-state index in [0.717, 1.165) is 5.92 Å². The fraction of sp³-hybridized carbons (Fsp3) is 0.750. The van der Waals surface area contributed by atoms with E-state index in [1.807, 2.05) is 6.08 Å². The number of hydrogen-bond donors (Lipinski definition) is 0. The first-order valence-electron chi connectivity index (χ1n) is 5.23. The molecule has 1 nitrogen and oxygen atoms in total. The molecule has 3 aliphatic rings. The molecule has 0 aromatic heterocycles. The lowest BCUT2D eigenvalue weighted by Gasteiger charge is -2.57. The summed E-state index contributed by atoms with van der Waals surface area (Å²) in [5.41, 5.74) is 1.89. The highest BCUT2D eigenvalue weighted by atomic mass is 16.1. The Hall–Kier alpha value is -0.590. The largest absolute Gasteiger partial charge is 0.295 e. The molecule has 0 N–H and O–H groups in total. The molecule has 0 aromatic carbocycles. The quantitative estimate of drug-likeness (QED) is 0.564. The van der Waals surface area contributed by atoms with Gasteiger partial charge in [-0.1, -0.05) is 19.4 Å². The summed E-state index contributed by atoms with van der Waals surface area (Å²) in [5, 5.41) is 0. The summed E-state index contributed by atoms with van der Waals surface area (Å²) in [4.78, 5) is 11.0. The third kappa shape index (κ3) is 1.25. The Morgan fingerprint density at radius 3 is 2.69 bits per heavy atom. The highest BCUT2D eigenvalue weighted by Crippen LogP contribution is 2.61. The van der Waals surface area contributed by atoms with E-state index in [-0.39, 0.29) is 5.78 Å². The molecule has 0 aliphatic heterocycles. The maximum Gasteiger partial charge on any atom is 0.152 e. The summed E-state index contributed by atoms with van der Waals surface area (Å²) in [5.74, 6) is 1.84. The first kappa shape index (κ1) is 8.98. The minimum Gasteiger partial charge on any atom is -0.295 e. The molecule has 0 spiro atoms. The molecule has 0 heterocycles. The Balaban J connectivity index is 2.20. The molecule has 3 aliphatic carbocycles. The Labute approximate surface area is 80.2 Å². The van der Waals surface area contributed by atoms with Crippen molar-refractivity contribution in [2.45, 2.75) is 40.0 Å². The molecule has 2 unspecified atom stereocenters. The molecular weight excluding hydrogens is 160 g/mol. The van der Waals surface area contributed by atoms with Gasteiger partial charge in [0.25, 0.3) is 0 Å². The van der Waals surface area contributed by atoms with Gasteiger partial charge in [-0.15, -0.1) is 0 Å². The van der Waals surface area contributed by atoms with Crippen LogP contribution in [0.4, 0.5) is 0 Å². The number of ketones is 1. The van der Waals surface area contributed by atoms with Gasteiger partial charge in [0, 0.05) is 0 Å². The monoisotopic (exact) mass is 178 g/mol. The number of carbonyl (C=O) groups excluding carboxylic acids is 1. The van der Waals surface area contributed by atoms with Crippen molar-refractivity contribution in [3.8, 4) is 0 Å². The lowest BCUT2D eigenvalue weighted by molar-refractivity contribution is -0.113. The van der Waals surface area contributed by atoms with Gasteiger partial charge in [0.2, 0.25) is 0 Å². The van der Waals surface area contributed by atoms with Crippen LogP contribution in [-0.4, -0.2) is 5.78 Å². The smallest absolute Gasteiger partial charge is 0.152 e. The van der Waals surface area contributed by atoms with E-state index < -0.39 is 0 Å². The van der Waals surface area contributed by atoms with E-state index >= 15 is 0 Å². The molecule has 72 valence electrons. The molecule has 0 radical (unpaired) electrons. The zero-order valence-corrected chi connectivity index (χ0v) is 8.76. The van der Waals surface area contributed by atoms with Crippen molar-refractivity contribution in [1.82, 2.24) is 0 Å². The van der Waals surface area contributed by atoms with Crippen LogP contribution in [0.25, 0.3) is 0 Å². The van der Waals surface area contributed by atoms with Gasteiger partial charge in [-0.2, -0.15) is 0 Å². The van der Waals surface area contributed by atoms with Gasteiger partial charge in [0.15, 0.2) is 5.78 Å². The topological polar surface area (TPSA) is 17.1 Å². The zero-order valence-electron chi connectivity index (χ0n) is 8.76. The molecule has 3 rings (SSSR count). The van der Waals surface area contributed by atoms with Gasteiger partial charge in [0.05, 0.1) is 0 Å². The second-order valence-electron chi connectivity index (χ2n) is 5.18. The van der Waals surface area contributed by atoms with Crippen molar-refractivity contribution in [3.63, 3.8) is 0 Å². The van der Waals surface area contributed by atoms with E-state index in [1.54, 1.807) is 6.92 Å². The first-order chi connectivity index (χ1) is 6.01. The van der Waals surface area contributed by atoms with E-state index in [0.29, 0.717) is 11.3 Å². The number of fused-ring (bicyclic) bond motifs is 2. The van der Waals surface area contributed by atoms with Crippen LogP contribution in [0, 0.1) is 17.3 Å². The van der Waals surface area contributed by atoms with E-state index in [9.17, 15) is 4.79 Å². The Morgan fingerprint density at radius 2 is 2.23 bits per heavy atom. The highest BCUT2D eigenvalue weighted by molar-refractivity contribution is 5.88. The summed E-state index contributed by atoms with van der Waals surface area (Å²) in [6.45, 7) is 6.35. The summed E-state index contributed by atoms with van der Waals surface area (Å²) < 4.78 is 0. The summed E-state index contributed by atoms with van der Waals surface area (Å²) >= 11 is 0. The fourth-order valence-electron chi connectivity index (χ4n) is 3.08. The second kappa shape index (κ2) is 2.70. The van der Waals surface area contributed by atoms with Crippen LogP contribution in [0.1, 0.15) is 40.0 Å². The van der Waals surface area contributed by atoms with Crippen LogP contribution in [0.2, 0.25) is 0 Å². The van der Waals surface area contributed by atoms with Gasteiger partial charge < -0.3 is 0 Å². The van der Waals surface area contributed by atoms with Crippen LogP contribution in [0.15, 0.2) is 11.6 Å². The molecule has 1 heteroatoms. The maximum absolute atomic E-state index is 11.0.